The number of methoxy groups -OCH3 is 1. The molecule has 0 amide bonds. The van der Waals surface area contributed by atoms with Crippen molar-refractivity contribution in [2.75, 3.05) is 7.11 Å². The molecule has 0 fully saturated rings. The van der Waals surface area contributed by atoms with Gasteiger partial charge in [0, 0.05) is 12.6 Å². The minimum absolute atomic E-state index is 0.0865. The lowest BCUT2D eigenvalue weighted by Crippen LogP contribution is -2.06. The van der Waals surface area contributed by atoms with Gasteiger partial charge in [0.05, 0.1) is 24.2 Å². The second-order valence-electron chi connectivity index (χ2n) is 3.87. The highest BCUT2D eigenvalue weighted by molar-refractivity contribution is 5.78. The van der Waals surface area contributed by atoms with Gasteiger partial charge in [0.1, 0.15) is 11.6 Å². The van der Waals surface area contributed by atoms with Gasteiger partial charge in [-0.3, -0.25) is 0 Å². The van der Waals surface area contributed by atoms with Crippen LogP contribution < -0.4 is 10.5 Å². The van der Waals surface area contributed by atoms with Crippen LogP contribution in [-0.2, 0) is 6.54 Å². The summed E-state index contributed by atoms with van der Waals surface area (Å²) < 4.78 is 7.36. The molecular formula is C11H13N3O. The molecule has 0 saturated heterocycles. The molecule has 1 aromatic heterocycles. The van der Waals surface area contributed by atoms with Crippen LogP contribution in [0.15, 0.2) is 18.2 Å². The quantitative estimate of drug-likeness (QED) is 0.763. The predicted molar refractivity (Wildman–Crippen MR) is 57.8 cm³/mol. The Kier molecular flexibility index (Phi) is 1.73. The fourth-order valence-corrected chi connectivity index (χ4v) is 2.17. The van der Waals surface area contributed by atoms with Gasteiger partial charge in [-0.15, -0.1) is 0 Å². The highest BCUT2D eigenvalue weighted by atomic mass is 16.5. The number of nitrogens with zero attached hydrogens (tertiary/aromatic N) is 2. The first-order valence-electron chi connectivity index (χ1n) is 5.09. The van der Waals surface area contributed by atoms with Crippen LogP contribution >= 0.6 is 0 Å². The number of hydrogen-bond donors (Lipinski definition) is 1. The minimum atomic E-state index is 0.0865. The van der Waals surface area contributed by atoms with Gasteiger partial charge in [0.15, 0.2) is 0 Å². The molecule has 2 N–H and O–H groups in total. The molecule has 1 atom stereocenters. The number of aromatic nitrogens is 2. The van der Waals surface area contributed by atoms with Gasteiger partial charge in [-0.05, 0) is 18.6 Å². The van der Waals surface area contributed by atoms with Gasteiger partial charge in [0.25, 0.3) is 0 Å². The van der Waals surface area contributed by atoms with Crippen LogP contribution in [-0.4, -0.2) is 16.7 Å². The van der Waals surface area contributed by atoms with E-state index in [2.05, 4.69) is 9.55 Å². The van der Waals surface area contributed by atoms with Crippen LogP contribution in [0.1, 0.15) is 18.3 Å². The van der Waals surface area contributed by atoms with E-state index in [1.165, 1.54) is 0 Å². The zero-order chi connectivity index (χ0) is 10.4. The van der Waals surface area contributed by atoms with E-state index in [1.54, 1.807) is 7.11 Å². The fraction of sp³-hybridized carbons (Fsp3) is 0.364. The number of ether oxygens (including phenoxy) is 1. The first-order valence-corrected chi connectivity index (χ1v) is 5.09. The molecule has 0 spiro atoms. The summed E-state index contributed by atoms with van der Waals surface area (Å²) in [7, 11) is 1.66. The lowest BCUT2D eigenvalue weighted by molar-refractivity contribution is 0.415. The number of rotatable bonds is 1. The van der Waals surface area contributed by atoms with E-state index < -0.39 is 0 Å². The number of nitrogens with two attached hydrogens (primary N) is 1. The van der Waals surface area contributed by atoms with E-state index in [0.717, 1.165) is 35.6 Å². The summed E-state index contributed by atoms with van der Waals surface area (Å²) in [5, 5.41) is 0. The van der Waals surface area contributed by atoms with Crippen molar-refractivity contribution < 1.29 is 4.74 Å². The molecule has 78 valence electrons. The van der Waals surface area contributed by atoms with Crippen molar-refractivity contribution in [1.82, 2.24) is 9.55 Å². The minimum Gasteiger partial charge on any atom is -0.497 e. The van der Waals surface area contributed by atoms with Gasteiger partial charge in [-0.2, -0.15) is 0 Å². The topological polar surface area (TPSA) is 53.1 Å². The van der Waals surface area contributed by atoms with Crippen LogP contribution in [0.5, 0.6) is 5.75 Å². The Morgan fingerprint density at radius 2 is 2.40 bits per heavy atom. The third-order valence-electron chi connectivity index (χ3n) is 2.98. The Bertz CT molecular complexity index is 518. The van der Waals surface area contributed by atoms with Crippen LogP contribution in [0.2, 0.25) is 0 Å². The Balaban J connectivity index is 2.25. The molecule has 2 heterocycles. The SMILES string of the molecule is COc1ccc2c(c1)nc1n2CCC1N. The summed E-state index contributed by atoms with van der Waals surface area (Å²) in [4.78, 5) is 4.54. The smallest absolute Gasteiger partial charge is 0.126 e. The maximum Gasteiger partial charge on any atom is 0.126 e. The van der Waals surface area contributed by atoms with Gasteiger partial charge >= 0.3 is 0 Å². The van der Waals surface area contributed by atoms with Gasteiger partial charge in [-0.1, -0.05) is 0 Å². The Morgan fingerprint density at radius 1 is 1.53 bits per heavy atom. The largest absolute Gasteiger partial charge is 0.497 e. The molecule has 2 aromatic rings. The molecule has 1 aliphatic heterocycles. The van der Waals surface area contributed by atoms with E-state index >= 15 is 0 Å². The molecule has 4 heteroatoms. The maximum atomic E-state index is 5.97. The number of imidazole rings is 1. The van der Waals surface area contributed by atoms with E-state index in [9.17, 15) is 0 Å². The second-order valence-corrected chi connectivity index (χ2v) is 3.87. The van der Waals surface area contributed by atoms with Crippen LogP contribution in [0.4, 0.5) is 0 Å². The molecule has 4 nitrogen and oxygen atoms in total. The monoisotopic (exact) mass is 203 g/mol. The molecule has 1 aliphatic rings. The van der Waals surface area contributed by atoms with Crippen molar-refractivity contribution in [2.45, 2.75) is 19.0 Å². The average molecular weight is 203 g/mol. The molecule has 0 saturated carbocycles. The fourth-order valence-electron chi connectivity index (χ4n) is 2.17. The highest BCUT2D eigenvalue weighted by Crippen LogP contribution is 2.29. The molecule has 3 rings (SSSR count). The highest BCUT2D eigenvalue weighted by Gasteiger charge is 2.23. The van der Waals surface area contributed by atoms with Crippen molar-refractivity contribution in [3.05, 3.63) is 24.0 Å². The molecule has 0 radical (unpaired) electrons. The molecular weight excluding hydrogens is 190 g/mol. The molecule has 1 unspecified atom stereocenters. The lowest BCUT2D eigenvalue weighted by atomic mass is 10.2. The van der Waals surface area contributed by atoms with Gasteiger partial charge < -0.3 is 15.0 Å². The molecule has 15 heavy (non-hydrogen) atoms. The Hall–Kier alpha value is -1.55. The summed E-state index contributed by atoms with van der Waals surface area (Å²) >= 11 is 0. The van der Waals surface area contributed by atoms with Crippen molar-refractivity contribution in [3.8, 4) is 5.75 Å². The number of fused-ring (bicyclic) bond motifs is 3. The summed E-state index contributed by atoms with van der Waals surface area (Å²) in [5.41, 5.74) is 8.09. The van der Waals surface area contributed by atoms with Crippen molar-refractivity contribution in [2.24, 2.45) is 5.73 Å². The Morgan fingerprint density at radius 3 is 3.20 bits per heavy atom. The third-order valence-corrected chi connectivity index (χ3v) is 2.98. The predicted octanol–water partition coefficient (Wildman–Crippen LogP) is 1.45. The second kappa shape index (κ2) is 2.97. The lowest BCUT2D eigenvalue weighted by Gasteiger charge is -2.00. The van der Waals surface area contributed by atoms with Gasteiger partial charge in [-0.25, -0.2) is 4.98 Å². The van der Waals surface area contributed by atoms with E-state index in [1.807, 2.05) is 18.2 Å². The molecule has 0 bridgehead atoms. The van der Waals surface area contributed by atoms with Crippen LogP contribution in [0.3, 0.4) is 0 Å². The summed E-state index contributed by atoms with van der Waals surface area (Å²) in [6.07, 6.45) is 0.990. The molecule has 1 aromatic carbocycles. The average Bonchev–Trinajstić information content (AvgIpc) is 2.78. The van der Waals surface area contributed by atoms with Crippen LogP contribution in [0.25, 0.3) is 11.0 Å². The van der Waals surface area contributed by atoms with E-state index in [-0.39, 0.29) is 6.04 Å². The molecule has 0 aliphatic carbocycles. The Labute approximate surface area is 87.7 Å². The number of aryl methyl sites for hydroxylation is 1. The van der Waals surface area contributed by atoms with Crippen molar-refractivity contribution >= 4 is 11.0 Å². The number of benzene rings is 1. The zero-order valence-corrected chi connectivity index (χ0v) is 8.60. The zero-order valence-electron chi connectivity index (χ0n) is 8.60. The van der Waals surface area contributed by atoms with Crippen molar-refractivity contribution in [3.63, 3.8) is 0 Å². The van der Waals surface area contributed by atoms with E-state index in [4.69, 9.17) is 10.5 Å². The number of hydrogen-bond acceptors (Lipinski definition) is 3. The van der Waals surface area contributed by atoms with Crippen molar-refractivity contribution in [1.29, 1.82) is 0 Å². The summed E-state index contributed by atoms with van der Waals surface area (Å²) in [5.74, 6) is 1.84. The van der Waals surface area contributed by atoms with Crippen LogP contribution in [0, 0.1) is 0 Å². The summed E-state index contributed by atoms with van der Waals surface area (Å²) in [6.45, 7) is 0.972. The van der Waals surface area contributed by atoms with Gasteiger partial charge in [0.2, 0.25) is 0 Å². The standard InChI is InChI=1S/C11H13N3O/c1-15-7-2-3-10-9(6-7)13-11-8(12)4-5-14(10)11/h2-3,6,8H,4-5,12H2,1H3. The maximum absolute atomic E-state index is 5.97. The van der Waals surface area contributed by atoms with E-state index in [0.29, 0.717) is 0 Å². The normalized spacial score (nSPS) is 19.5. The first kappa shape index (κ1) is 8.73. The summed E-state index contributed by atoms with van der Waals surface area (Å²) in [6, 6.07) is 6.04. The third kappa shape index (κ3) is 1.15. The first-order chi connectivity index (χ1) is 7.29.